The van der Waals surface area contributed by atoms with Crippen LogP contribution in [0.4, 0.5) is 0 Å². The van der Waals surface area contributed by atoms with Crippen molar-refractivity contribution in [2.75, 3.05) is 0 Å². The number of halogens is 2. The molecular formula is C14H12Cl2N2O2S. The fourth-order valence-electron chi connectivity index (χ4n) is 1.56. The molecule has 21 heavy (non-hydrogen) atoms. The lowest BCUT2D eigenvalue weighted by Gasteiger charge is -2.04. The van der Waals surface area contributed by atoms with Crippen LogP contribution in [0.1, 0.15) is 11.1 Å². The van der Waals surface area contributed by atoms with E-state index in [4.69, 9.17) is 23.2 Å². The van der Waals surface area contributed by atoms with Gasteiger partial charge in [-0.05, 0) is 31.2 Å². The lowest BCUT2D eigenvalue weighted by atomic mass is 10.2. The predicted octanol–water partition coefficient (Wildman–Crippen LogP) is 3.61. The summed E-state index contributed by atoms with van der Waals surface area (Å²) in [5, 5.41) is 4.48. The topological polar surface area (TPSA) is 58.5 Å². The number of nitrogens with one attached hydrogen (secondary N) is 1. The molecule has 0 unspecified atom stereocenters. The monoisotopic (exact) mass is 342 g/mol. The Hall–Kier alpha value is -1.56. The first-order chi connectivity index (χ1) is 9.90. The number of sulfonamides is 1. The molecule has 0 spiro atoms. The maximum absolute atomic E-state index is 12.0. The Morgan fingerprint density at radius 1 is 1.05 bits per heavy atom. The van der Waals surface area contributed by atoms with Crippen LogP contribution in [0.2, 0.25) is 10.0 Å². The number of hydrogen-bond donors (Lipinski definition) is 1. The lowest BCUT2D eigenvalue weighted by Crippen LogP contribution is -2.18. The Balaban J connectivity index is 2.19. The van der Waals surface area contributed by atoms with E-state index in [0.29, 0.717) is 15.6 Å². The smallest absolute Gasteiger partial charge is 0.200 e. The summed E-state index contributed by atoms with van der Waals surface area (Å²) in [6, 6.07) is 11.4. The second-order valence-electron chi connectivity index (χ2n) is 4.30. The van der Waals surface area contributed by atoms with Crippen molar-refractivity contribution < 1.29 is 8.42 Å². The van der Waals surface area contributed by atoms with E-state index in [-0.39, 0.29) is 4.90 Å². The number of hydrogen-bond acceptors (Lipinski definition) is 3. The highest BCUT2D eigenvalue weighted by Crippen LogP contribution is 2.22. The lowest BCUT2D eigenvalue weighted by molar-refractivity contribution is 0.584. The first-order valence-corrected chi connectivity index (χ1v) is 8.19. The van der Waals surface area contributed by atoms with Crippen LogP contribution in [-0.2, 0) is 10.0 Å². The van der Waals surface area contributed by atoms with Gasteiger partial charge in [-0.3, -0.25) is 0 Å². The molecule has 0 bridgehead atoms. The van der Waals surface area contributed by atoms with Gasteiger partial charge in [-0.25, -0.2) is 4.83 Å². The summed E-state index contributed by atoms with van der Waals surface area (Å²) >= 11 is 11.9. The van der Waals surface area contributed by atoms with E-state index in [2.05, 4.69) is 9.93 Å². The third-order valence-corrected chi connectivity index (χ3v) is 4.60. The largest absolute Gasteiger partial charge is 0.276 e. The van der Waals surface area contributed by atoms with Gasteiger partial charge in [0.1, 0.15) is 0 Å². The minimum atomic E-state index is -3.71. The molecule has 2 aromatic carbocycles. The number of hydrazone groups is 1. The third kappa shape index (κ3) is 3.97. The second kappa shape index (κ2) is 6.47. The quantitative estimate of drug-likeness (QED) is 0.681. The summed E-state index contributed by atoms with van der Waals surface area (Å²) in [6.07, 6.45) is 1.27. The van der Waals surface area contributed by atoms with E-state index in [1.165, 1.54) is 18.3 Å². The third-order valence-electron chi connectivity index (χ3n) is 2.70. The molecule has 4 nitrogen and oxygen atoms in total. The Labute approximate surface area is 133 Å². The average Bonchev–Trinajstić information content (AvgIpc) is 2.42. The van der Waals surface area contributed by atoms with Crippen molar-refractivity contribution in [1.29, 1.82) is 0 Å². The van der Waals surface area contributed by atoms with Crippen molar-refractivity contribution in [3.8, 4) is 0 Å². The van der Waals surface area contributed by atoms with Crippen molar-refractivity contribution in [3.63, 3.8) is 0 Å². The van der Waals surface area contributed by atoms with Gasteiger partial charge < -0.3 is 0 Å². The number of rotatable bonds is 4. The molecule has 0 aliphatic rings. The highest BCUT2D eigenvalue weighted by Gasteiger charge is 2.12. The SMILES string of the molecule is Cc1ccc(S(=O)(=O)NN=Cc2c(Cl)cccc2Cl)cc1. The molecule has 0 radical (unpaired) electrons. The molecule has 0 fully saturated rings. The van der Waals surface area contributed by atoms with E-state index >= 15 is 0 Å². The molecule has 0 saturated heterocycles. The molecule has 0 aliphatic heterocycles. The van der Waals surface area contributed by atoms with Gasteiger partial charge in [-0.1, -0.05) is 47.0 Å². The van der Waals surface area contributed by atoms with Gasteiger partial charge >= 0.3 is 0 Å². The van der Waals surface area contributed by atoms with Crippen molar-refractivity contribution >= 4 is 39.4 Å². The second-order valence-corrected chi connectivity index (χ2v) is 6.78. The van der Waals surface area contributed by atoms with Gasteiger partial charge in [0.15, 0.2) is 0 Å². The Morgan fingerprint density at radius 3 is 2.19 bits per heavy atom. The Morgan fingerprint density at radius 2 is 1.62 bits per heavy atom. The van der Waals surface area contributed by atoms with E-state index in [1.54, 1.807) is 30.3 Å². The van der Waals surface area contributed by atoms with Crippen LogP contribution in [0, 0.1) is 6.92 Å². The maximum atomic E-state index is 12.0. The number of aryl methyl sites for hydroxylation is 1. The van der Waals surface area contributed by atoms with Gasteiger partial charge in [-0.2, -0.15) is 13.5 Å². The van der Waals surface area contributed by atoms with Crippen LogP contribution in [0.25, 0.3) is 0 Å². The Kier molecular flexibility index (Phi) is 4.88. The molecule has 0 heterocycles. The fourth-order valence-corrected chi connectivity index (χ4v) is 2.85. The summed E-state index contributed by atoms with van der Waals surface area (Å²) in [5.74, 6) is 0. The normalized spacial score (nSPS) is 11.8. The molecule has 110 valence electrons. The standard InChI is InChI=1S/C14H12Cl2N2O2S/c1-10-5-7-11(8-6-10)21(19,20)18-17-9-12-13(15)3-2-4-14(12)16/h2-9,18H,1H3. The van der Waals surface area contributed by atoms with Crippen LogP contribution < -0.4 is 4.83 Å². The van der Waals surface area contributed by atoms with Crippen molar-refractivity contribution in [2.45, 2.75) is 11.8 Å². The maximum Gasteiger partial charge on any atom is 0.276 e. The van der Waals surface area contributed by atoms with Gasteiger partial charge in [0.25, 0.3) is 10.0 Å². The van der Waals surface area contributed by atoms with E-state index < -0.39 is 10.0 Å². The molecule has 2 rings (SSSR count). The zero-order valence-electron chi connectivity index (χ0n) is 11.0. The number of nitrogens with zero attached hydrogens (tertiary/aromatic N) is 1. The van der Waals surface area contributed by atoms with Crippen molar-refractivity contribution in [1.82, 2.24) is 4.83 Å². The first-order valence-electron chi connectivity index (χ1n) is 5.96. The molecule has 0 aliphatic carbocycles. The highest BCUT2D eigenvalue weighted by atomic mass is 35.5. The van der Waals surface area contributed by atoms with Gasteiger partial charge in [-0.15, -0.1) is 0 Å². The molecular weight excluding hydrogens is 331 g/mol. The van der Waals surface area contributed by atoms with Crippen LogP contribution in [0.5, 0.6) is 0 Å². The molecule has 0 amide bonds. The van der Waals surface area contributed by atoms with Crippen LogP contribution in [0.15, 0.2) is 52.5 Å². The summed E-state index contributed by atoms with van der Waals surface area (Å²) in [5.41, 5.74) is 1.42. The average molecular weight is 343 g/mol. The Bertz CT molecular complexity index is 752. The molecule has 0 saturated carbocycles. The molecule has 2 aromatic rings. The zero-order chi connectivity index (χ0) is 15.5. The summed E-state index contributed by atoms with van der Waals surface area (Å²) < 4.78 is 24.0. The highest BCUT2D eigenvalue weighted by molar-refractivity contribution is 7.89. The minimum absolute atomic E-state index is 0.135. The first kappa shape index (κ1) is 15.8. The summed E-state index contributed by atoms with van der Waals surface area (Å²) in [4.78, 5) is 2.26. The van der Waals surface area contributed by atoms with Gasteiger partial charge in [0.05, 0.1) is 21.2 Å². The van der Waals surface area contributed by atoms with E-state index in [9.17, 15) is 8.42 Å². The molecule has 0 aromatic heterocycles. The van der Waals surface area contributed by atoms with Crippen LogP contribution in [0.3, 0.4) is 0 Å². The molecule has 0 atom stereocenters. The molecule has 1 N–H and O–H groups in total. The van der Waals surface area contributed by atoms with Crippen molar-refractivity contribution in [3.05, 3.63) is 63.6 Å². The predicted molar refractivity (Wildman–Crippen MR) is 85.6 cm³/mol. The van der Waals surface area contributed by atoms with Crippen molar-refractivity contribution in [2.24, 2.45) is 5.10 Å². The van der Waals surface area contributed by atoms with Gasteiger partial charge in [0.2, 0.25) is 0 Å². The summed E-state index contributed by atoms with van der Waals surface area (Å²) in [6.45, 7) is 1.88. The fraction of sp³-hybridized carbons (Fsp3) is 0.0714. The van der Waals surface area contributed by atoms with E-state index in [0.717, 1.165) is 5.56 Å². The van der Waals surface area contributed by atoms with Crippen LogP contribution >= 0.6 is 23.2 Å². The summed E-state index contributed by atoms with van der Waals surface area (Å²) in [7, 11) is -3.71. The minimum Gasteiger partial charge on any atom is -0.200 e. The zero-order valence-corrected chi connectivity index (χ0v) is 13.4. The van der Waals surface area contributed by atoms with Gasteiger partial charge in [0, 0.05) is 5.56 Å². The van der Waals surface area contributed by atoms with E-state index in [1.807, 2.05) is 6.92 Å². The number of benzene rings is 2. The molecule has 7 heteroatoms. The van der Waals surface area contributed by atoms with Crippen LogP contribution in [-0.4, -0.2) is 14.6 Å².